The Bertz CT molecular complexity index is 200. The van der Waals surface area contributed by atoms with Crippen LogP contribution in [0, 0.1) is 5.92 Å². The van der Waals surface area contributed by atoms with E-state index in [0.29, 0.717) is 0 Å². The van der Waals surface area contributed by atoms with Gasteiger partial charge in [-0.2, -0.15) is 0 Å². The first-order valence-electron chi connectivity index (χ1n) is 7.96. The van der Waals surface area contributed by atoms with Crippen LogP contribution in [0.3, 0.4) is 0 Å². The Kier molecular flexibility index (Phi) is 9.43. The molecule has 0 aromatic carbocycles. The monoisotopic (exact) mass is 272 g/mol. The third-order valence-corrected chi connectivity index (χ3v) is 3.78. The molecule has 19 heavy (non-hydrogen) atoms. The Morgan fingerprint density at radius 1 is 1.11 bits per heavy atom. The van der Waals surface area contributed by atoms with Gasteiger partial charge in [-0.3, -0.25) is 0 Å². The Hall–Kier alpha value is -0.160. The summed E-state index contributed by atoms with van der Waals surface area (Å²) in [7, 11) is 0. The van der Waals surface area contributed by atoms with Crippen LogP contribution in [0.1, 0.15) is 40.0 Å². The number of nitrogens with one attached hydrogen (secondary N) is 1. The van der Waals surface area contributed by atoms with Crippen LogP contribution in [0.5, 0.6) is 0 Å². The summed E-state index contributed by atoms with van der Waals surface area (Å²) in [5, 5.41) is 3.46. The van der Waals surface area contributed by atoms with Crippen molar-refractivity contribution in [2.24, 2.45) is 5.92 Å². The van der Waals surface area contributed by atoms with E-state index in [1.807, 2.05) is 13.8 Å². The van der Waals surface area contributed by atoms with Crippen molar-refractivity contribution in [2.45, 2.75) is 46.3 Å². The zero-order chi connectivity index (χ0) is 13.9. The molecule has 0 unspecified atom stereocenters. The number of nitrogens with zero attached hydrogens (tertiary/aromatic N) is 1. The van der Waals surface area contributed by atoms with Gasteiger partial charge < -0.3 is 19.7 Å². The van der Waals surface area contributed by atoms with Gasteiger partial charge in [-0.15, -0.1) is 0 Å². The molecule has 0 atom stereocenters. The minimum Gasteiger partial charge on any atom is -0.353 e. The minimum atomic E-state index is -0.0190. The van der Waals surface area contributed by atoms with Crippen LogP contribution >= 0.6 is 0 Å². The van der Waals surface area contributed by atoms with Crippen molar-refractivity contribution in [1.29, 1.82) is 0 Å². The fraction of sp³-hybridized carbons (Fsp3) is 1.00. The van der Waals surface area contributed by atoms with E-state index in [1.54, 1.807) is 0 Å². The molecule has 1 saturated heterocycles. The van der Waals surface area contributed by atoms with Gasteiger partial charge in [0.2, 0.25) is 0 Å². The molecule has 0 aromatic heterocycles. The highest BCUT2D eigenvalue weighted by Gasteiger charge is 2.19. The van der Waals surface area contributed by atoms with Crippen LogP contribution < -0.4 is 5.32 Å². The van der Waals surface area contributed by atoms with Crippen molar-refractivity contribution in [3.05, 3.63) is 0 Å². The average Bonchev–Trinajstić information content (AvgIpc) is 2.44. The molecule has 0 saturated carbocycles. The van der Waals surface area contributed by atoms with Gasteiger partial charge in [0, 0.05) is 26.2 Å². The second kappa shape index (κ2) is 10.6. The molecule has 1 aliphatic rings. The Labute approximate surface area is 118 Å². The van der Waals surface area contributed by atoms with E-state index in [4.69, 9.17) is 9.47 Å². The first-order valence-corrected chi connectivity index (χ1v) is 7.96. The second-order valence-electron chi connectivity index (χ2n) is 5.22. The van der Waals surface area contributed by atoms with Crippen LogP contribution in [-0.2, 0) is 9.47 Å². The van der Waals surface area contributed by atoms with Crippen LogP contribution in [0.25, 0.3) is 0 Å². The molecule has 114 valence electrons. The van der Waals surface area contributed by atoms with Crippen molar-refractivity contribution in [2.75, 3.05) is 45.9 Å². The summed E-state index contributed by atoms with van der Waals surface area (Å²) in [6, 6.07) is 0. The molecule has 1 N–H and O–H groups in total. The van der Waals surface area contributed by atoms with E-state index in [9.17, 15) is 0 Å². The summed E-state index contributed by atoms with van der Waals surface area (Å²) in [5.74, 6) is 0.866. The number of ether oxygens (including phenoxy) is 2. The molecule has 0 radical (unpaired) electrons. The normalized spacial score (nSPS) is 18.3. The number of hydrogen-bond acceptors (Lipinski definition) is 4. The maximum Gasteiger partial charge on any atom is 0.158 e. The molecule has 1 heterocycles. The molecule has 0 aromatic rings. The van der Waals surface area contributed by atoms with E-state index in [0.717, 1.165) is 38.6 Å². The van der Waals surface area contributed by atoms with Crippen molar-refractivity contribution in [3.8, 4) is 0 Å². The molecule has 0 spiro atoms. The molecule has 0 bridgehead atoms. The number of hydrogen-bond donors (Lipinski definition) is 1. The van der Waals surface area contributed by atoms with Crippen LogP contribution in [0.2, 0.25) is 0 Å². The zero-order valence-electron chi connectivity index (χ0n) is 13.0. The standard InChI is InChI=1S/C15H32N2O2/c1-4-16-13-14-7-10-17(11-8-14)12-9-15(18-5-2)19-6-3/h14-16H,4-13H2,1-3H3. The van der Waals surface area contributed by atoms with Gasteiger partial charge in [0.05, 0.1) is 0 Å². The van der Waals surface area contributed by atoms with Crippen LogP contribution in [0.4, 0.5) is 0 Å². The summed E-state index contributed by atoms with van der Waals surface area (Å²) < 4.78 is 11.2. The average molecular weight is 272 g/mol. The highest BCUT2D eigenvalue weighted by Crippen LogP contribution is 2.17. The van der Waals surface area contributed by atoms with Gasteiger partial charge in [0.15, 0.2) is 6.29 Å². The molecule has 0 aliphatic carbocycles. The van der Waals surface area contributed by atoms with Gasteiger partial charge >= 0.3 is 0 Å². The second-order valence-corrected chi connectivity index (χ2v) is 5.22. The quantitative estimate of drug-likeness (QED) is 0.618. The van der Waals surface area contributed by atoms with Crippen molar-refractivity contribution < 1.29 is 9.47 Å². The van der Waals surface area contributed by atoms with E-state index in [2.05, 4.69) is 17.1 Å². The lowest BCUT2D eigenvalue weighted by atomic mass is 9.96. The molecule has 1 rings (SSSR count). The fourth-order valence-electron chi connectivity index (χ4n) is 2.64. The lowest BCUT2D eigenvalue weighted by molar-refractivity contribution is -0.142. The number of piperidine rings is 1. The van der Waals surface area contributed by atoms with Crippen molar-refractivity contribution in [3.63, 3.8) is 0 Å². The van der Waals surface area contributed by atoms with Crippen LogP contribution in [0.15, 0.2) is 0 Å². The molecule has 4 nitrogen and oxygen atoms in total. The Balaban J connectivity index is 2.13. The van der Waals surface area contributed by atoms with E-state index in [-0.39, 0.29) is 6.29 Å². The molecule has 0 amide bonds. The molecule has 1 aliphatic heterocycles. The first kappa shape index (κ1) is 16.9. The fourth-order valence-corrected chi connectivity index (χ4v) is 2.64. The summed E-state index contributed by atoms with van der Waals surface area (Å²) in [6.07, 6.45) is 3.61. The largest absolute Gasteiger partial charge is 0.353 e. The lowest BCUT2D eigenvalue weighted by Gasteiger charge is -2.32. The van der Waals surface area contributed by atoms with Crippen molar-refractivity contribution in [1.82, 2.24) is 10.2 Å². The third-order valence-electron chi connectivity index (χ3n) is 3.78. The Morgan fingerprint density at radius 3 is 2.26 bits per heavy atom. The van der Waals surface area contributed by atoms with Gasteiger partial charge in [-0.25, -0.2) is 0 Å². The van der Waals surface area contributed by atoms with Gasteiger partial charge in [-0.1, -0.05) is 6.92 Å². The van der Waals surface area contributed by atoms with Crippen molar-refractivity contribution >= 4 is 0 Å². The van der Waals surface area contributed by atoms with Gasteiger partial charge in [0.25, 0.3) is 0 Å². The number of rotatable bonds is 10. The summed E-state index contributed by atoms with van der Waals surface area (Å²) in [4.78, 5) is 2.55. The summed E-state index contributed by atoms with van der Waals surface area (Å²) in [6.45, 7) is 13.5. The maximum atomic E-state index is 5.59. The predicted molar refractivity (Wildman–Crippen MR) is 79.4 cm³/mol. The smallest absolute Gasteiger partial charge is 0.158 e. The first-order chi connectivity index (χ1) is 9.30. The van der Waals surface area contributed by atoms with Gasteiger partial charge in [-0.05, 0) is 58.8 Å². The highest BCUT2D eigenvalue weighted by atomic mass is 16.7. The predicted octanol–water partition coefficient (Wildman–Crippen LogP) is 2.10. The topological polar surface area (TPSA) is 33.7 Å². The maximum absolute atomic E-state index is 5.59. The third kappa shape index (κ3) is 7.25. The van der Waals surface area contributed by atoms with E-state index < -0.39 is 0 Å². The molecule has 4 heteroatoms. The minimum absolute atomic E-state index is 0.0190. The van der Waals surface area contributed by atoms with Gasteiger partial charge in [0.1, 0.15) is 0 Å². The molecular weight excluding hydrogens is 240 g/mol. The summed E-state index contributed by atoms with van der Waals surface area (Å²) >= 11 is 0. The number of likely N-dealkylation sites (tertiary alicyclic amines) is 1. The van der Waals surface area contributed by atoms with Crippen LogP contribution in [-0.4, -0.2) is 57.1 Å². The van der Waals surface area contributed by atoms with E-state index >= 15 is 0 Å². The summed E-state index contributed by atoms with van der Waals surface area (Å²) in [5.41, 5.74) is 0. The van der Waals surface area contributed by atoms with E-state index in [1.165, 1.54) is 32.5 Å². The molecule has 1 fully saturated rings. The SMILES string of the molecule is CCNCC1CCN(CCC(OCC)OCC)CC1. The lowest BCUT2D eigenvalue weighted by Crippen LogP contribution is -2.39. The molecular formula is C15H32N2O2. The zero-order valence-corrected chi connectivity index (χ0v) is 13.0. The Morgan fingerprint density at radius 2 is 1.74 bits per heavy atom. The highest BCUT2D eigenvalue weighted by molar-refractivity contribution is 4.73.